The summed E-state index contributed by atoms with van der Waals surface area (Å²) in [5, 5.41) is 10.4. The molecule has 0 radical (unpaired) electrons. The number of alkyl halides is 3. The molecule has 2 N–H and O–H groups in total. The second-order valence-corrected chi connectivity index (χ2v) is 11.2. The van der Waals surface area contributed by atoms with Crippen molar-refractivity contribution in [3.63, 3.8) is 0 Å². The summed E-state index contributed by atoms with van der Waals surface area (Å²) in [5.41, 5.74) is 3.12. The summed E-state index contributed by atoms with van der Waals surface area (Å²) in [6.07, 6.45) is -4.91. The van der Waals surface area contributed by atoms with E-state index in [0.29, 0.717) is 19.0 Å². The van der Waals surface area contributed by atoms with Gasteiger partial charge in [-0.05, 0) is 36.1 Å². The van der Waals surface area contributed by atoms with Crippen molar-refractivity contribution >= 4 is 21.9 Å². The van der Waals surface area contributed by atoms with Crippen LogP contribution in [0.25, 0.3) is 0 Å². The topological polar surface area (TPSA) is 107 Å². The van der Waals surface area contributed by atoms with Gasteiger partial charge in [0, 0.05) is 45.7 Å². The number of nitrogens with one attached hydrogen (secondary N) is 1. The number of carboxylic acid groups (broad SMARTS) is 1. The Bertz CT molecular complexity index is 1160. The van der Waals surface area contributed by atoms with Gasteiger partial charge in [0.2, 0.25) is 15.9 Å². The number of carbonyl (C=O) groups is 2. The number of hydrogen-bond acceptors (Lipinski definition) is 5. The van der Waals surface area contributed by atoms with Gasteiger partial charge in [0.05, 0.1) is 4.90 Å². The maximum absolute atomic E-state index is 13.5. The number of benzene rings is 2. The lowest BCUT2D eigenvalue weighted by Crippen LogP contribution is -2.47. The van der Waals surface area contributed by atoms with Crippen LogP contribution in [0.4, 0.5) is 13.2 Å². The van der Waals surface area contributed by atoms with Crippen LogP contribution in [0, 0.1) is 6.92 Å². The number of rotatable bonds is 8. The molecule has 0 spiro atoms. The van der Waals surface area contributed by atoms with Crippen LogP contribution in [0.3, 0.4) is 0 Å². The highest BCUT2D eigenvalue weighted by molar-refractivity contribution is 7.89. The van der Waals surface area contributed by atoms with Crippen molar-refractivity contribution in [2.45, 2.75) is 50.7 Å². The van der Waals surface area contributed by atoms with Gasteiger partial charge >= 0.3 is 12.1 Å². The molecule has 38 heavy (non-hydrogen) atoms. The fourth-order valence-electron chi connectivity index (χ4n) is 3.65. The first-order valence-corrected chi connectivity index (χ1v) is 13.6. The Labute approximate surface area is 221 Å². The Morgan fingerprint density at radius 3 is 2.03 bits per heavy atom. The first-order chi connectivity index (χ1) is 17.7. The summed E-state index contributed by atoms with van der Waals surface area (Å²) in [6, 6.07) is 14.9. The van der Waals surface area contributed by atoms with Crippen LogP contribution in [0.15, 0.2) is 53.4 Å². The van der Waals surface area contributed by atoms with E-state index in [9.17, 15) is 26.4 Å². The summed E-state index contributed by atoms with van der Waals surface area (Å²) in [7, 11) is -3.73. The van der Waals surface area contributed by atoms with E-state index < -0.39 is 22.2 Å². The second kappa shape index (κ2) is 13.7. The lowest BCUT2D eigenvalue weighted by atomic mass is 10.0. The van der Waals surface area contributed by atoms with Crippen LogP contribution in [-0.4, -0.2) is 73.5 Å². The van der Waals surface area contributed by atoms with E-state index in [1.54, 1.807) is 12.1 Å². The second-order valence-electron chi connectivity index (χ2n) is 9.23. The summed E-state index contributed by atoms with van der Waals surface area (Å²) in [6.45, 7) is 9.44. The number of aryl methyl sites for hydroxylation is 1. The summed E-state index contributed by atoms with van der Waals surface area (Å²) in [4.78, 5) is 23.6. The third-order valence-electron chi connectivity index (χ3n) is 5.95. The van der Waals surface area contributed by atoms with E-state index in [4.69, 9.17) is 9.90 Å². The lowest BCUT2D eigenvalue weighted by Gasteiger charge is -2.29. The van der Waals surface area contributed by atoms with Crippen molar-refractivity contribution in [3.8, 4) is 0 Å². The van der Waals surface area contributed by atoms with Crippen molar-refractivity contribution in [2.24, 2.45) is 0 Å². The first kappa shape index (κ1) is 31.3. The molecule has 0 bridgehead atoms. The largest absolute Gasteiger partial charge is 0.490 e. The fraction of sp³-hybridized carbons (Fsp3) is 0.462. The van der Waals surface area contributed by atoms with Crippen molar-refractivity contribution in [3.05, 3.63) is 65.2 Å². The number of piperazine rings is 1. The number of carboxylic acids is 1. The molecule has 12 heteroatoms. The number of halogens is 3. The fourth-order valence-corrected chi connectivity index (χ4v) is 5.08. The highest BCUT2D eigenvalue weighted by Gasteiger charge is 2.38. The number of sulfonamides is 1. The van der Waals surface area contributed by atoms with Crippen LogP contribution in [0.5, 0.6) is 0 Å². The van der Waals surface area contributed by atoms with Gasteiger partial charge in [-0.3, -0.25) is 4.79 Å². The van der Waals surface area contributed by atoms with Crippen molar-refractivity contribution in [1.29, 1.82) is 0 Å². The summed E-state index contributed by atoms with van der Waals surface area (Å²) >= 11 is 0. The third kappa shape index (κ3) is 9.41. The SMILES string of the molecule is Cc1ccc(CN(CCC(=O)N2CCNCC2)S(=O)(=O)c2ccc(C(C)C)cc2)cc1.O=C(O)C(F)(F)F. The monoisotopic (exact) mass is 557 g/mol. The Hall–Kier alpha value is -2.96. The lowest BCUT2D eigenvalue weighted by molar-refractivity contribution is -0.192. The quantitative estimate of drug-likeness (QED) is 0.512. The molecule has 3 rings (SSSR count). The Kier molecular flexibility index (Phi) is 11.3. The van der Waals surface area contributed by atoms with E-state index in [1.165, 1.54) is 4.31 Å². The van der Waals surface area contributed by atoms with Crippen LogP contribution in [0.2, 0.25) is 0 Å². The van der Waals surface area contributed by atoms with Crippen LogP contribution in [0.1, 0.15) is 42.9 Å². The van der Waals surface area contributed by atoms with Crippen LogP contribution in [-0.2, 0) is 26.2 Å². The minimum absolute atomic E-state index is 0.000705. The van der Waals surface area contributed by atoms with Crippen molar-refractivity contribution in [1.82, 2.24) is 14.5 Å². The van der Waals surface area contributed by atoms with Crippen molar-refractivity contribution in [2.75, 3.05) is 32.7 Å². The van der Waals surface area contributed by atoms with Gasteiger partial charge in [-0.2, -0.15) is 17.5 Å². The Morgan fingerprint density at radius 2 is 1.55 bits per heavy atom. The highest BCUT2D eigenvalue weighted by atomic mass is 32.2. The number of aliphatic carboxylic acids is 1. The molecule has 1 amide bonds. The number of carbonyl (C=O) groups excluding carboxylic acids is 1. The normalized spacial score (nSPS) is 14.3. The maximum Gasteiger partial charge on any atom is 0.490 e. The molecular weight excluding hydrogens is 523 g/mol. The minimum atomic E-state index is -5.08. The standard InChI is InChI=1S/C24H33N3O3S.C2HF3O2/c1-19(2)22-8-10-23(11-9-22)31(29,30)27(18-21-6-4-20(3)5-7-21)15-12-24(28)26-16-13-25-14-17-26;3-2(4,5)1(6)7/h4-11,19,25H,12-18H2,1-3H3;(H,6,7). The minimum Gasteiger partial charge on any atom is -0.475 e. The molecule has 2 aromatic rings. The average Bonchev–Trinajstić information content (AvgIpc) is 2.87. The van der Waals surface area contributed by atoms with E-state index in [1.807, 2.05) is 48.2 Å². The van der Waals surface area contributed by atoms with E-state index in [-0.39, 0.29) is 30.3 Å². The van der Waals surface area contributed by atoms with Gasteiger partial charge < -0.3 is 15.3 Å². The predicted octanol–water partition coefficient (Wildman–Crippen LogP) is 3.76. The van der Waals surface area contributed by atoms with Gasteiger partial charge in [-0.15, -0.1) is 0 Å². The molecule has 1 fully saturated rings. The molecule has 1 aliphatic rings. The first-order valence-electron chi connectivity index (χ1n) is 12.2. The van der Waals surface area contributed by atoms with Gasteiger partial charge in [-0.25, -0.2) is 13.2 Å². The number of hydrogen-bond donors (Lipinski definition) is 2. The molecule has 0 unspecified atom stereocenters. The van der Waals surface area contributed by atoms with Crippen LogP contribution < -0.4 is 5.32 Å². The molecule has 210 valence electrons. The smallest absolute Gasteiger partial charge is 0.475 e. The van der Waals surface area contributed by atoms with E-state index in [2.05, 4.69) is 19.2 Å². The zero-order chi connectivity index (χ0) is 28.5. The van der Waals surface area contributed by atoms with Gasteiger partial charge in [-0.1, -0.05) is 55.8 Å². The maximum atomic E-state index is 13.5. The molecule has 0 saturated carbocycles. The molecule has 0 aromatic heterocycles. The van der Waals surface area contributed by atoms with Gasteiger partial charge in [0.15, 0.2) is 0 Å². The highest BCUT2D eigenvalue weighted by Crippen LogP contribution is 2.22. The number of nitrogens with zero attached hydrogens (tertiary/aromatic N) is 2. The Balaban J connectivity index is 0.000000638. The van der Waals surface area contributed by atoms with Crippen molar-refractivity contribution < 1.29 is 36.3 Å². The Morgan fingerprint density at radius 1 is 1.03 bits per heavy atom. The molecule has 2 aromatic carbocycles. The number of amides is 1. The van der Waals surface area contributed by atoms with Gasteiger partial charge in [0.25, 0.3) is 0 Å². The van der Waals surface area contributed by atoms with E-state index in [0.717, 1.165) is 29.8 Å². The van der Waals surface area contributed by atoms with Crippen LogP contribution >= 0.6 is 0 Å². The molecule has 0 atom stereocenters. The molecule has 1 aliphatic heterocycles. The molecular formula is C26H34F3N3O5S. The average molecular weight is 558 g/mol. The molecule has 8 nitrogen and oxygen atoms in total. The molecule has 1 heterocycles. The third-order valence-corrected chi connectivity index (χ3v) is 7.81. The summed E-state index contributed by atoms with van der Waals surface area (Å²) < 4.78 is 60.1. The predicted molar refractivity (Wildman–Crippen MR) is 137 cm³/mol. The van der Waals surface area contributed by atoms with E-state index >= 15 is 0 Å². The molecule has 0 aliphatic carbocycles. The zero-order valence-electron chi connectivity index (χ0n) is 21.7. The molecule has 1 saturated heterocycles. The van der Waals surface area contributed by atoms with Gasteiger partial charge in [0.1, 0.15) is 0 Å². The zero-order valence-corrected chi connectivity index (χ0v) is 22.5. The summed E-state index contributed by atoms with van der Waals surface area (Å²) in [5.74, 6) is -2.43.